The molecule has 10 nitrogen and oxygen atoms in total. The predicted molar refractivity (Wildman–Crippen MR) is 157 cm³/mol. The summed E-state index contributed by atoms with van der Waals surface area (Å²) in [6.07, 6.45) is 15.8. The van der Waals surface area contributed by atoms with Crippen LogP contribution in [-0.2, 0) is 9.59 Å². The van der Waals surface area contributed by atoms with Crippen LogP contribution in [0, 0.1) is 32.1 Å². The topological polar surface area (TPSA) is 144 Å². The number of nitrogens with zero attached hydrogens (tertiary/aromatic N) is 2. The van der Waals surface area contributed by atoms with Crippen LogP contribution in [-0.4, -0.2) is 33.7 Å². The van der Waals surface area contributed by atoms with Crippen LogP contribution >= 0.6 is 0 Å². The highest BCUT2D eigenvalue weighted by Gasteiger charge is 2.27. The molecule has 2 aliphatic carbocycles. The summed E-state index contributed by atoms with van der Waals surface area (Å²) in [6.45, 7) is 0. The van der Waals surface area contributed by atoms with Gasteiger partial charge in [-0.3, -0.25) is 29.8 Å². The Balaban J connectivity index is 1.11. The minimum atomic E-state index is -0.449. The van der Waals surface area contributed by atoms with Gasteiger partial charge in [-0.05, 0) is 117 Å². The van der Waals surface area contributed by atoms with E-state index >= 15 is 0 Å². The summed E-state index contributed by atoms with van der Waals surface area (Å²) in [4.78, 5) is 45.3. The van der Waals surface area contributed by atoms with Gasteiger partial charge in [0.15, 0.2) is 0 Å². The first kappa shape index (κ1) is 29.6. The van der Waals surface area contributed by atoms with E-state index in [9.17, 15) is 29.8 Å². The summed E-state index contributed by atoms with van der Waals surface area (Å²) in [7, 11) is 0. The smallest absolute Gasteiger partial charge is 0.269 e. The molecule has 10 heteroatoms. The van der Waals surface area contributed by atoms with Gasteiger partial charge < -0.3 is 10.6 Å². The van der Waals surface area contributed by atoms with E-state index in [0.29, 0.717) is 11.8 Å². The van der Waals surface area contributed by atoms with E-state index in [1.54, 1.807) is 36.4 Å². The molecule has 0 spiro atoms. The van der Waals surface area contributed by atoms with Gasteiger partial charge in [0.1, 0.15) is 0 Å². The van der Waals surface area contributed by atoms with E-state index in [1.165, 1.54) is 42.8 Å². The first-order chi connectivity index (χ1) is 19.7. The maximum absolute atomic E-state index is 12.4. The lowest BCUT2D eigenvalue weighted by molar-refractivity contribution is -0.385. The minimum absolute atomic E-state index is 0.0226. The second-order valence-electron chi connectivity index (χ2n) is 11.1. The molecule has 216 valence electrons. The third kappa shape index (κ3) is 9.37. The second-order valence-corrected chi connectivity index (χ2v) is 11.1. The fourth-order valence-corrected chi connectivity index (χ4v) is 5.81. The molecule has 0 aliphatic heterocycles. The predicted octanol–water partition coefficient (Wildman–Crippen LogP) is 5.97. The maximum Gasteiger partial charge on any atom is 0.269 e. The molecule has 2 N–H and O–H groups in total. The van der Waals surface area contributed by atoms with Crippen molar-refractivity contribution in [2.75, 3.05) is 0 Å². The molecular weight excluding hydrogens is 524 g/mol. The van der Waals surface area contributed by atoms with Crippen molar-refractivity contribution in [2.24, 2.45) is 11.8 Å². The molecule has 0 atom stereocenters. The molecule has 2 saturated carbocycles. The first-order valence-electron chi connectivity index (χ1n) is 14.2. The van der Waals surface area contributed by atoms with Crippen LogP contribution in [0.5, 0.6) is 0 Å². The number of hydrogen-bond acceptors (Lipinski definition) is 6. The van der Waals surface area contributed by atoms with Crippen LogP contribution in [0.25, 0.3) is 12.2 Å². The molecule has 41 heavy (non-hydrogen) atoms. The third-order valence-electron chi connectivity index (χ3n) is 8.12. The standard InChI is InChI=1S/C31H36N4O6/c36-30(19-9-22-5-15-28(16-6-22)34(38)39)32-26-11-1-24(2-12-26)21-25-3-13-27(14-4-25)33-31(37)20-10-23-7-17-29(18-8-23)35(40)41/h5-10,15-20,24-27H,1-4,11-14,21H2,(H,32,36)(H,33,37). The Kier molecular flexibility index (Phi) is 10.4. The lowest BCUT2D eigenvalue weighted by Crippen LogP contribution is -2.38. The number of benzene rings is 2. The molecule has 0 saturated heterocycles. The summed E-state index contributed by atoms with van der Waals surface area (Å²) >= 11 is 0. The monoisotopic (exact) mass is 560 g/mol. The van der Waals surface area contributed by atoms with Gasteiger partial charge in [0.05, 0.1) is 9.85 Å². The molecule has 0 bridgehead atoms. The zero-order valence-electron chi connectivity index (χ0n) is 22.9. The number of nitro benzene ring substituents is 2. The summed E-state index contributed by atoms with van der Waals surface area (Å²) in [5.74, 6) is 1.05. The molecule has 0 heterocycles. The molecule has 2 amide bonds. The fourth-order valence-electron chi connectivity index (χ4n) is 5.81. The summed E-state index contributed by atoms with van der Waals surface area (Å²) in [6, 6.07) is 12.5. The lowest BCUT2D eigenvalue weighted by atomic mass is 9.75. The molecule has 0 aromatic heterocycles. The van der Waals surface area contributed by atoms with Crippen LogP contribution in [0.4, 0.5) is 11.4 Å². The van der Waals surface area contributed by atoms with Gasteiger partial charge >= 0.3 is 0 Å². The number of amides is 2. The largest absolute Gasteiger partial charge is 0.350 e. The zero-order valence-corrected chi connectivity index (χ0v) is 22.9. The highest BCUT2D eigenvalue weighted by molar-refractivity contribution is 5.92. The van der Waals surface area contributed by atoms with Crippen LogP contribution in [0.2, 0.25) is 0 Å². The Morgan fingerprint density at radius 3 is 1.29 bits per heavy atom. The second kappa shape index (κ2) is 14.3. The van der Waals surface area contributed by atoms with E-state index < -0.39 is 9.85 Å². The number of carbonyl (C=O) groups is 2. The van der Waals surface area contributed by atoms with Gasteiger partial charge in [0.25, 0.3) is 11.4 Å². The molecule has 2 aliphatic rings. The summed E-state index contributed by atoms with van der Waals surface area (Å²) in [5, 5.41) is 27.7. The molecule has 4 rings (SSSR count). The molecule has 0 unspecified atom stereocenters. The van der Waals surface area contributed by atoms with Gasteiger partial charge in [-0.15, -0.1) is 0 Å². The van der Waals surface area contributed by atoms with E-state index in [4.69, 9.17) is 0 Å². The van der Waals surface area contributed by atoms with Crippen molar-refractivity contribution in [1.29, 1.82) is 0 Å². The van der Waals surface area contributed by atoms with Crippen LogP contribution < -0.4 is 10.6 Å². The Morgan fingerprint density at radius 1 is 0.634 bits per heavy atom. The van der Waals surface area contributed by atoms with E-state index in [1.807, 2.05) is 0 Å². The molecular formula is C31H36N4O6. The number of non-ortho nitro benzene ring substituents is 2. The molecule has 2 aromatic carbocycles. The lowest BCUT2D eigenvalue weighted by Gasteiger charge is -2.34. The van der Waals surface area contributed by atoms with Crippen molar-refractivity contribution in [1.82, 2.24) is 10.6 Å². The Hall–Kier alpha value is -4.34. The number of nitrogens with one attached hydrogen (secondary N) is 2. The van der Waals surface area contributed by atoms with Gasteiger partial charge in [0, 0.05) is 48.5 Å². The highest BCUT2D eigenvalue weighted by Crippen LogP contribution is 2.35. The zero-order chi connectivity index (χ0) is 29.2. The van der Waals surface area contributed by atoms with E-state index in [2.05, 4.69) is 10.6 Å². The normalized spacial score (nSPS) is 22.8. The number of hydrogen-bond donors (Lipinski definition) is 2. The van der Waals surface area contributed by atoms with E-state index in [0.717, 1.165) is 62.5 Å². The van der Waals surface area contributed by atoms with E-state index in [-0.39, 0.29) is 35.3 Å². The van der Waals surface area contributed by atoms with Crippen molar-refractivity contribution in [2.45, 2.75) is 69.9 Å². The molecule has 0 radical (unpaired) electrons. The Morgan fingerprint density at radius 2 is 0.976 bits per heavy atom. The van der Waals surface area contributed by atoms with Crippen LogP contribution in [0.15, 0.2) is 60.7 Å². The van der Waals surface area contributed by atoms with Crippen molar-refractivity contribution in [3.8, 4) is 0 Å². The van der Waals surface area contributed by atoms with Gasteiger partial charge in [0.2, 0.25) is 11.8 Å². The Bertz CT molecular complexity index is 1170. The first-order valence-corrected chi connectivity index (χ1v) is 14.2. The van der Waals surface area contributed by atoms with Gasteiger partial charge in [-0.2, -0.15) is 0 Å². The number of nitro groups is 2. The number of rotatable bonds is 10. The van der Waals surface area contributed by atoms with Crippen molar-refractivity contribution in [3.63, 3.8) is 0 Å². The van der Waals surface area contributed by atoms with Crippen LogP contribution in [0.3, 0.4) is 0 Å². The quantitative estimate of drug-likeness (QED) is 0.208. The number of carbonyl (C=O) groups excluding carboxylic acids is 2. The fraction of sp³-hybridized carbons (Fsp3) is 0.419. The Labute approximate surface area is 239 Å². The van der Waals surface area contributed by atoms with Crippen molar-refractivity contribution in [3.05, 3.63) is 92.0 Å². The van der Waals surface area contributed by atoms with Crippen LogP contribution in [0.1, 0.15) is 68.9 Å². The van der Waals surface area contributed by atoms with Gasteiger partial charge in [-0.25, -0.2) is 0 Å². The average Bonchev–Trinajstić information content (AvgIpc) is 2.97. The molecule has 2 aromatic rings. The maximum atomic E-state index is 12.4. The summed E-state index contributed by atoms with van der Waals surface area (Å²) < 4.78 is 0. The molecule has 2 fully saturated rings. The highest BCUT2D eigenvalue weighted by atomic mass is 16.6. The summed E-state index contributed by atoms with van der Waals surface area (Å²) in [5.41, 5.74) is 1.52. The minimum Gasteiger partial charge on any atom is -0.350 e. The third-order valence-corrected chi connectivity index (χ3v) is 8.12. The SMILES string of the molecule is O=C(C=Cc1ccc([N+](=O)[O-])cc1)NC1CCC(CC2CCC(NC(=O)C=Cc3ccc([N+](=O)[O-])cc3)CC2)CC1. The van der Waals surface area contributed by atoms with Crippen molar-refractivity contribution < 1.29 is 19.4 Å². The van der Waals surface area contributed by atoms with Crippen molar-refractivity contribution >= 4 is 35.3 Å². The van der Waals surface area contributed by atoms with Gasteiger partial charge in [-0.1, -0.05) is 0 Å². The average molecular weight is 561 g/mol.